The summed E-state index contributed by atoms with van der Waals surface area (Å²) in [6, 6.07) is 0. The summed E-state index contributed by atoms with van der Waals surface area (Å²) >= 11 is 0. The van der Waals surface area contributed by atoms with Crippen molar-refractivity contribution in [2.24, 2.45) is 0 Å². The van der Waals surface area contributed by atoms with Crippen molar-refractivity contribution < 1.29 is 19.4 Å². The molecule has 0 unspecified atom stereocenters. The summed E-state index contributed by atoms with van der Waals surface area (Å²) in [6.07, 6.45) is 1.56. The number of carbonyl (C=O) groups is 2. The van der Waals surface area contributed by atoms with E-state index in [1.54, 1.807) is 26.8 Å². The van der Waals surface area contributed by atoms with Gasteiger partial charge in [0.1, 0.15) is 0 Å². The lowest BCUT2D eigenvalue weighted by atomic mass is 10.3. The van der Waals surface area contributed by atoms with Gasteiger partial charge >= 0.3 is 11.9 Å². The third-order valence-electron chi connectivity index (χ3n) is 1.30. The van der Waals surface area contributed by atoms with Crippen molar-refractivity contribution in [2.45, 2.75) is 20.8 Å². The zero-order valence-corrected chi connectivity index (χ0v) is 8.96. The van der Waals surface area contributed by atoms with Gasteiger partial charge in [-0.05, 0) is 20.8 Å². The number of aliphatic carboxylic acids is 1. The first-order chi connectivity index (χ1) is 6.36. The van der Waals surface area contributed by atoms with Crippen molar-refractivity contribution in [3.05, 3.63) is 23.8 Å². The van der Waals surface area contributed by atoms with Crippen LogP contribution in [-0.4, -0.2) is 24.2 Å². The highest BCUT2D eigenvalue weighted by atomic mass is 16.5. The molecular weight excluding hydrogens is 184 g/mol. The van der Waals surface area contributed by atoms with Crippen molar-refractivity contribution in [3.8, 4) is 0 Å². The molecule has 0 aliphatic heterocycles. The number of hydrogen-bond acceptors (Lipinski definition) is 3. The van der Waals surface area contributed by atoms with Crippen molar-refractivity contribution >= 4 is 11.9 Å². The molecule has 0 saturated heterocycles. The number of hydrogen-bond donors (Lipinski definition) is 1. The topological polar surface area (TPSA) is 63.6 Å². The molecule has 0 spiro atoms. The van der Waals surface area contributed by atoms with Crippen LogP contribution in [0.2, 0.25) is 0 Å². The van der Waals surface area contributed by atoms with E-state index in [-0.39, 0.29) is 5.97 Å². The van der Waals surface area contributed by atoms with Crippen LogP contribution < -0.4 is 0 Å². The smallest absolute Gasteiger partial charge is 0.332 e. The third-order valence-corrected chi connectivity index (χ3v) is 1.30. The van der Waals surface area contributed by atoms with Crippen molar-refractivity contribution in [1.82, 2.24) is 0 Å². The van der Waals surface area contributed by atoms with Crippen LogP contribution in [-0.2, 0) is 14.3 Å². The van der Waals surface area contributed by atoms with Gasteiger partial charge < -0.3 is 9.84 Å². The van der Waals surface area contributed by atoms with Crippen LogP contribution >= 0.6 is 0 Å². The maximum atomic E-state index is 10.2. The lowest BCUT2D eigenvalue weighted by molar-refractivity contribution is -0.136. The van der Waals surface area contributed by atoms with Gasteiger partial charge in [0, 0.05) is 11.1 Å². The molecule has 0 aliphatic rings. The Balaban J connectivity index is 0. The molecule has 0 aromatic carbocycles. The molecule has 0 rings (SSSR count). The molecule has 0 aliphatic carbocycles. The van der Waals surface area contributed by atoms with Crippen LogP contribution in [0.1, 0.15) is 20.8 Å². The van der Waals surface area contributed by atoms with E-state index in [1.807, 2.05) is 0 Å². The van der Waals surface area contributed by atoms with Gasteiger partial charge in [0.25, 0.3) is 0 Å². The maximum Gasteiger partial charge on any atom is 0.332 e. The molecule has 4 heteroatoms. The number of carboxylic acid groups (broad SMARTS) is 1. The van der Waals surface area contributed by atoms with E-state index in [2.05, 4.69) is 11.3 Å². The van der Waals surface area contributed by atoms with Crippen LogP contribution in [0.5, 0.6) is 0 Å². The van der Waals surface area contributed by atoms with E-state index in [1.165, 1.54) is 7.11 Å². The van der Waals surface area contributed by atoms with Gasteiger partial charge in [0.2, 0.25) is 0 Å². The largest absolute Gasteiger partial charge is 0.478 e. The molecule has 14 heavy (non-hydrogen) atoms. The second kappa shape index (κ2) is 8.04. The predicted molar refractivity (Wildman–Crippen MR) is 53.9 cm³/mol. The highest BCUT2D eigenvalue weighted by Gasteiger charge is 1.95. The molecule has 0 saturated carbocycles. The summed E-state index contributed by atoms with van der Waals surface area (Å²) in [5.74, 6) is -1.19. The second-order valence-electron chi connectivity index (χ2n) is 2.55. The molecular formula is C10H16O4. The minimum Gasteiger partial charge on any atom is -0.478 e. The molecule has 80 valence electrons. The summed E-state index contributed by atoms with van der Waals surface area (Å²) in [7, 11) is 1.33. The fraction of sp³-hybridized carbons (Fsp3) is 0.400. The number of rotatable bonds is 2. The van der Waals surface area contributed by atoms with Crippen molar-refractivity contribution in [3.63, 3.8) is 0 Å². The van der Waals surface area contributed by atoms with Gasteiger partial charge in [-0.25, -0.2) is 9.59 Å². The maximum absolute atomic E-state index is 10.2. The number of carbonyl (C=O) groups excluding carboxylic acids is 1. The Labute approximate surface area is 83.9 Å². The Kier molecular flexibility index (Phi) is 8.57. The second-order valence-corrected chi connectivity index (χ2v) is 2.55. The summed E-state index contributed by atoms with van der Waals surface area (Å²) in [4.78, 5) is 20.1. The molecule has 0 radical (unpaired) electrons. The monoisotopic (exact) mass is 200 g/mol. The number of ether oxygens (including phenoxy) is 1. The molecule has 0 aromatic rings. The van der Waals surface area contributed by atoms with Crippen LogP contribution in [0.3, 0.4) is 0 Å². The molecule has 0 aromatic heterocycles. The fourth-order valence-electron chi connectivity index (χ4n) is 0.298. The molecule has 0 fully saturated rings. The van der Waals surface area contributed by atoms with E-state index in [4.69, 9.17) is 5.11 Å². The standard InChI is InChI=1S/2C5H8O2/c1-4(2)5(6)7-3;1-3-4(2)5(6)7/h1H2,2-3H3;3H,1-2H3,(H,6,7). The van der Waals surface area contributed by atoms with Crippen LogP contribution in [0.15, 0.2) is 23.8 Å². The van der Waals surface area contributed by atoms with Crippen LogP contribution in [0.25, 0.3) is 0 Å². The fourth-order valence-corrected chi connectivity index (χ4v) is 0.298. The Hall–Kier alpha value is -1.58. The Bertz CT molecular complexity index is 251. The highest BCUT2D eigenvalue weighted by molar-refractivity contribution is 5.86. The minimum absolute atomic E-state index is 0.347. The Morgan fingerprint density at radius 2 is 1.79 bits per heavy atom. The molecule has 0 atom stereocenters. The van der Waals surface area contributed by atoms with E-state index in [0.29, 0.717) is 11.1 Å². The third kappa shape index (κ3) is 8.52. The molecule has 0 heterocycles. The van der Waals surface area contributed by atoms with Gasteiger partial charge in [-0.15, -0.1) is 0 Å². The Morgan fingerprint density at radius 3 is 1.79 bits per heavy atom. The number of methoxy groups -OCH3 is 1. The molecule has 1 N–H and O–H groups in total. The summed E-state index contributed by atoms with van der Waals surface area (Å²) in [5.41, 5.74) is 0.822. The number of carboxylic acids is 1. The van der Waals surface area contributed by atoms with E-state index < -0.39 is 5.97 Å². The predicted octanol–water partition coefficient (Wildman–Crippen LogP) is 1.77. The normalized spacial score (nSPS) is 9.57. The molecule has 4 nitrogen and oxygen atoms in total. The van der Waals surface area contributed by atoms with E-state index in [0.717, 1.165) is 0 Å². The summed E-state index contributed by atoms with van der Waals surface area (Å²) in [5, 5.41) is 8.11. The Morgan fingerprint density at radius 1 is 1.36 bits per heavy atom. The summed E-state index contributed by atoms with van der Waals surface area (Å²) < 4.78 is 4.27. The average Bonchev–Trinajstić information content (AvgIpc) is 2.15. The van der Waals surface area contributed by atoms with Gasteiger partial charge in [0.15, 0.2) is 0 Å². The molecule has 0 bridgehead atoms. The SMILES string of the molecule is C=C(C)C(=O)OC.CC=C(C)C(=O)O. The number of allylic oxidation sites excluding steroid dienone is 1. The first-order valence-electron chi connectivity index (χ1n) is 3.96. The van der Waals surface area contributed by atoms with Crippen LogP contribution in [0.4, 0.5) is 0 Å². The summed E-state index contributed by atoms with van der Waals surface area (Å²) in [6.45, 7) is 8.21. The van der Waals surface area contributed by atoms with Crippen molar-refractivity contribution in [2.75, 3.05) is 7.11 Å². The minimum atomic E-state index is -0.845. The highest BCUT2D eigenvalue weighted by Crippen LogP contribution is 1.88. The van der Waals surface area contributed by atoms with Gasteiger partial charge in [-0.2, -0.15) is 0 Å². The first-order valence-corrected chi connectivity index (χ1v) is 3.96. The zero-order valence-electron chi connectivity index (χ0n) is 8.96. The first kappa shape index (κ1) is 14.9. The lowest BCUT2D eigenvalue weighted by Gasteiger charge is -1.91. The quantitative estimate of drug-likeness (QED) is 0.545. The average molecular weight is 200 g/mol. The number of esters is 1. The van der Waals surface area contributed by atoms with Gasteiger partial charge in [-0.3, -0.25) is 0 Å². The van der Waals surface area contributed by atoms with E-state index in [9.17, 15) is 9.59 Å². The van der Waals surface area contributed by atoms with Crippen LogP contribution in [0, 0.1) is 0 Å². The molecule has 0 amide bonds. The van der Waals surface area contributed by atoms with Crippen molar-refractivity contribution in [1.29, 1.82) is 0 Å². The van der Waals surface area contributed by atoms with E-state index >= 15 is 0 Å². The zero-order chi connectivity index (χ0) is 11.7. The lowest BCUT2D eigenvalue weighted by Crippen LogP contribution is -1.98. The van der Waals surface area contributed by atoms with Gasteiger partial charge in [0.05, 0.1) is 7.11 Å². The van der Waals surface area contributed by atoms with Gasteiger partial charge in [-0.1, -0.05) is 12.7 Å².